The molecule has 0 saturated carbocycles. The van der Waals surface area contributed by atoms with Gasteiger partial charge in [0.25, 0.3) is 0 Å². The Labute approximate surface area is 62.9 Å². The number of halogens is 1. The van der Waals surface area contributed by atoms with Crippen LogP contribution in [0.15, 0.2) is 0 Å². The average Bonchev–Trinajstić information content (AvgIpc) is 1.67. The van der Waals surface area contributed by atoms with Crippen LogP contribution in [0.25, 0.3) is 0 Å². The fraction of sp³-hybridized carbons (Fsp3) is 1.00. The van der Waals surface area contributed by atoms with E-state index < -0.39 is 0 Å². The molecule has 2 nitrogen and oxygen atoms in total. The standard InChI is InChI=1S/C6H15NO.ClH/c1-6(2,5-8)3-4-7;/h8H,3-5,7H2,1-2H3;1H. The van der Waals surface area contributed by atoms with Gasteiger partial charge in [0.1, 0.15) is 0 Å². The molecular formula is C6H16ClNO. The van der Waals surface area contributed by atoms with E-state index in [1.165, 1.54) is 0 Å². The highest BCUT2D eigenvalue weighted by molar-refractivity contribution is 5.85. The Morgan fingerprint density at radius 3 is 2.00 bits per heavy atom. The van der Waals surface area contributed by atoms with Crippen molar-refractivity contribution in [1.82, 2.24) is 0 Å². The molecule has 9 heavy (non-hydrogen) atoms. The van der Waals surface area contributed by atoms with Crippen molar-refractivity contribution in [3.05, 3.63) is 0 Å². The zero-order valence-corrected chi connectivity index (χ0v) is 6.87. The summed E-state index contributed by atoms with van der Waals surface area (Å²) in [5.41, 5.74) is 5.30. The number of hydrogen-bond donors (Lipinski definition) is 2. The van der Waals surface area contributed by atoms with E-state index in [4.69, 9.17) is 10.8 Å². The third-order valence-corrected chi connectivity index (χ3v) is 1.25. The molecule has 0 rings (SSSR count). The summed E-state index contributed by atoms with van der Waals surface area (Å²) in [6.45, 7) is 4.89. The predicted molar refractivity (Wildman–Crippen MR) is 41.8 cm³/mol. The van der Waals surface area contributed by atoms with Crippen LogP contribution in [0.1, 0.15) is 20.3 Å². The van der Waals surface area contributed by atoms with Gasteiger partial charge in [-0.05, 0) is 18.4 Å². The van der Waals surface area contributed by atoms with Gasteiger partial charge in [0.05, 0.1) is 0 Å². The summed E-state index contributed by atoms with van der Waals surface area (Å²) in [6.07, 6.45) is 0.892. The first-order valence-corrected chi connectivity index (χ1v) is 2.93. The first kappa shape index (κ1) is 11.9. The molecule has 0 aromatic heterocycles. The van der Waals surface area contributed by atoms with E-state index in [-0.39, 0.29) is 24.4 Å². The molecule has 0 spiro atoms. The SMILES string of the molecule is CC(C)(CO)CCN.Cl. The Morgan fingerprint density at radius 1 is 1.44 bits per heavy atom. The van der Waals surface area contributed by atoms with Crippen LogP contribution >= 0.6 is 12.4 Å². The topological polar surface area (TPSA) is 46.2 Å². The van der Waals surface area contributed by atoms with Gasteiger partial charge in [-0.1, -0.05) is 13.8 Å². The second-order valence-electron chi connectivity index (χ2n) is 2.86. The van der Waals surface area contributed by atoms with Gasteiger partial charge >= 0.3 is 0 Å². The van der Waals surface area contributed by atoms with E-state index in [0.717, 1.165) is 6.42 Å². The maximum Gasteiger partial charge on any atom is 0.0482 e. The monoisotopic (exact) mass is 153 g/mol. The minimum absolute atomic E-state index is 0. The molecule has 0 fully saturated rings. The first-order chi connectivity index (χ1) is 3.62. The second kappa shape index (κ2) is 5.03. The van der Waals surface area contributed by atoms with E-state index in [1.54, 1.807) is 0 Å². The molecule has 0 atom stereocenters. The molecule has 0 aromatic carbocycles. The summed E-state index contributed by atoms with van der Waals surface area (Å²) in [7, 11) is 0. The normalized spacial score (nSPS) is 10.7. The largest absolute Gasteiger partial charge is 0.396 e. The number of aliphatic hydroxyl groups is 1. The lowest BCUT2D eigenvalue weighted by molar-refractivity contribution is 0.153. The van der Waals surface area contributed by atoms with E-state index in [1.807, 2.05) is 13.8 Å². The minimum Gasteiger partial charge on any atom is -0.396 e. The summed E-state index contributed by atoms with van der Waals surface area (Å²) in [5, 5.41) is 8.67. The number of rotatable bonds is 3. The summed E-state index contributed by atoms with van der Waals surface area (Å²) in [5.74, 6) is 0. The van der Waals surface area contributed by atoms with Gasteiger partial charge in [0.15, 0.2) is 0 Å². The molecule has 3 N–H and O–H groups in total. The molecule has 3 heteroatoms. The molecule has 58 valence electrons. The molecule has 0 amide bonds. The van der Waals surface area contributed by atoms with Crippen molar-refractivity contribution in [2.24, 2.45) is 11.1 Å². The number of hydrogen-bond acceptors (Lipinski definition) is 2. The van der Waals surface area contributed by atoms with Gasteiger partial charge in [0, 0.05) is 6.61 Å². The Kier molecular flexibility index (Phi) is 6.68. The zero-order valence-electron chi connectivity index (χ0n) is 6.05. The van der Waals surface area contributed by atoms with Crippen LogP contribution in [-0.4, -0.2) is 18.3 Å². The highest BCUT2D eigenvalue weighted by atomic mass is 35.5. The Balaban J connectivity index is 0. The number of aliphatic hydroxyl groups excluding tert-OH is 1. The Bertz CT molecular complexity index is 66.1. The summed E-state index contributed by atoms with van der Waals surface area (Å²) in [4.78, 5) is 0. The quantitative estimate of drug-likeness (QED) is 0.630. The van der Waals surface area contributed by atoms with Crippen molar-refractivity contribution in [2.75, 3.05) is 13.2 Å². The van der Waals surface area contributed by atoms with Gasteiger partial charge in [-0.15, -0.1) is 12.4 Å². The summed E-state index contributed by atoms with van der Waals surface area (Å²) in [6, 6.07) is 0. The van der Waals surface area contributed by atoms with Crippen LogP contribution in [0.4, 0.5) is 0 Å². The molecule has 0 aliphatic rings. The van der Waals surface area contributed by atoms with Crippen LogP contribution in [0.2, 0.25) is 0 Å². The van der Waals surface area contributed by atoms with Gasteiger partial charge in [-0.25, -0.2) is 0 Å². The molecule has 0 aliphatic carbocycles. The zero-order chi connectivity index (χ0) is 6.62. The molecule has 0 unspecified atom stereocenters. The van der Waals surface area contributed by atoms with Gasteiger partial charge in [-0.2, -0.15) is 0 Å². The van der Waals surface area contributed by atoms with Crippen LogP contribution in [0.5, 0.6) is 0 Å². The molecule has 0 heterocycles. The lowest BCUT2D eigenvalue weighted by Crippen LogP contribution is -2.20. The van der Waals surface area contributed by atoms with Gasteiger partial charge in [0.2, 0.25) is 0 Å². The molecule has 0 saturated heterocycles. The lowest BCUT2D eigenvalue weighted by atomic mass is 9.91. The van der Waals surface area contributed by atoms with Crippen molar-refractivity contribution in [3.8, 4) is 0 Å². The molecule has 0 bridgehead atoms. The van der Waals surface area contributed by atoms with E-state index in [9.17, 15) is 0 Å². The fourth-order valence-electron chi connectivity index (χ4n) is 0.470. The van der Waals surface area contributed by atoms with Crippen molar-refractivity contribution in [1.29, 1.82) is 0 Å². The van der Waals surface area contributed by atoms with Crippen molar-refractivity contribution in [3.63, 3.8) is 0 Å². The minimum atomic E-state index is 0. The molecule has 0 aromatic rings. The number of nitrogens with two attached hydrogens (primary N) is 1. The Morgan fingerprint density at radius 2 is 1.89 bits per heavy atom. The first-order valence-electron chi connectivity index (χ1n) is 2.93. The predicted octanol–water partition coefficient (Wildman–Crippen LogP) is 0.775. The van der Waals surface area contributed by atoms with Crippen LogP contribution < -0.4 is 5.73 Å². The van der Waals surface area contributed by atoms with E-state index in [2.05, 4.69) is 0 Å². The summed E-state index contributed by atoms with van der Waals surface area (Å²) >= 11 is 0. The maximum atomic E-state index is 8.67. The fourth-order valence-corrected chi connectivity index (χ4v) is 0.470. The highest BCUT2D eigenvalue weighted by Crippen LogP contribution is 2.16. The van der Waals surface area contributed by atoms with Crippen molar-refractivity contribution >= 4 is 12.4 Å². The van der Waals surface area contributed by atoms with Crippen LogP contribution in [0.3, 0.4) is 0 Å². The average molecular weight is 154 g/mol. The van der Waals surface area contributed by atoms with Crippen LogP contribution in [-0.2, 0) is 0 Å². The Hall–Kier alpha value is 0.210. The van der Waals surface area contributed by atoms with Gasteiger partial charge in [-0.3, -0.25) is 0 Å². The maximum absolute atomic E-state index is 8.67. The summed E-state index contributed by atoms with van der Waals surface area (Å²) < 4.78 is 0. The third-order valence-electron chi connectivity index (χ3n) is 1.25. The molecular weight excluding hydrogens is 138 g/mol. The van der Waals surface area contributed by atoms with Crippen molar-refractivity contribution in [2.45, 2.75) is 20.3 Å². The second-order valence-corrected chi connectivity index (χ2v) is 2.86. The molecule has 0 aliphatic heterocycles. The van der Waals surface area contributed by atoms with Crippen molar-refractivity contribution < 1.29 is 5.11 Å². The third kappa shape index (κ3) is 6.09. The van der Waals surface area contributed by atoms with E-state index in [0.29, 0.717) is 6.54 Å². The van der Waals surface area contributed by atoms with Gasteiger partial charge < -0.3 is 10.8 Å². The smallest absolute Gasteiger partial charge is 0.0482 e. The highest BCUT2D eigenvalue weighted by Gasteiger charge is 2.13. The lowest BCUT2D eigenvalue weighted by Gasteiger charge is -2.19. The molecule has 0 radical (unpaired) electrons. The van der Waals surface area contributed by atoms with Crippen LogP contribution in [0, 0.1) is 5.41 Å². The van der Waals surface area contributed by atoms with E-state index >= 15 is 0 Å².